The van der Waals surface area contributed by atoms with Gasteiger partial charge in [-0.25, -0.2) is 9.59 Å². The van der Waals surface area contributed by atoms with Crippen molar-refractivity contribution in [1.82, 2.24) is 10.6 Å². The molecule has 0 bridgehead atoms. The van der Waals surface area contributed by atoms with E-state index >= 15 is 0 Å². The van der Waals surface area contributed by atoms with Crippen molar-refractivity contribution < 1.29 is 19.5 Å². The maximum Gasteiger partial charge on any atom is 0.326 e. The Morgan fingerprint density at radius 1 is 1.40 bits per heavy atom. The minimum atomic E-state index is -1.17. The lowest BCUT2D eigenvalue weighted by atomic mass is 9.87. The molecule has 1 fully saturated rings. The monoisotopic (exact) mass is 285 g/mol. The van der Waals surface area contributed by atoms with Crippen LogP contribution < -0.4 is 16.4 Å². The Bertz CT molecular complexity index is 395. The minimum Gasteiger partial charge on any atom is -0.480 e. The molecule has 2 unspecified atom stereocenters. The van der Waals surface area contributed by atoms with Gasteiger partial charge in [-0.2, -0.15) is 0 Å². The SMILES string of the molecule is CC1(C)CCCC1NC(=O)NC(CCC(N)=O)C(=O)O. The molecule has 7 heteroatoms. The number of amides is 3. The second kappa shape index (κ2) is 6.58. The van der Waals surface area contributed by atoms with Crippen molar-refractivity contribution >= 4 is 17.9 Å². The molecule has 7 nitrogen and oxygen atoms in total. The van der Waals surface area contributed by atoms with Crippen molar-refractivity contribution in [3.63, 3.8) is 0 Å². The Morgan fingerprint density at radius 2 is 2.05 bits per heavy atom. The fourth-order valence-corrected chi connectivity index (χ4v) is 2.50. The summed E-state index contributed by atoms with van der Waals surface area (Å²) in [5, 5.41) is 14.2. The summed E-state index contributed by atoms with van der Waals surface area (Å²) in [7, 11) is 0. The number of nitrogens with one attached hydrogen (secondary N) is 2. The molecular weight excluding hydrogens is 262 g/mol. The average Bonchev–Trinajstić information content (AvgIpc) is 2.63. The van der Waals surface area contributed by atoms with Gasteiger partial charge in [0.1, 0.15) is 6.04 Å². The first kappa shape index (κ1) is 16.3. The van der Waals surface area contributed by atoms with Gasteiger partial charge in [0.2, 0.25) is 5.91 Å². The third kappa shape index (κ3) is 4.71. The van der Waals surface area contributed by atoms with Gasteiger partial charge in [0.25, 0.3) is 0 Å². The van der Waals surface area contributed by atoms with E-state index in [1.165, 1.54) is 0 Å². The van der Waals surface area contributed by atoms with Crippen molar-refractivity contribution in [2.75, 3.05) is 0 Å². The summed E-state index contributed by atoms with van der Waals surface area (Å²) in [6.45, 7) is 4.15. The van der Waals surface area contributed by atoms with Crippen LogP contribution in [0.3, 0.4) is 0 Å². The third-order valence-corrected chi connectivity index (χ3v) is 3.85. The number of primary amides is 1. The van der Waals surface area contributed by atoms with Crippen LogP contribution in [0, 0.1) is 5.41 Å². The van der Waals surface area contributed by atoms with Gasteiger partial charge in [-0.1, -0.05) is 20.3 Å². The summed E-state index contributed by atoms with van der Waals surface area (Å²) in [6.07, 6.45) is 2.88. The van der Waals surface area contributed by atoms with Gasteiger partial charge < -0.3 is 21.5 Å². The van der Waals surface area contributed by atoms with Crippen LogP contribution in [0.15, 0.2) is 0 Å². The topological polar surface area (TPSA) is 122 Å². The number of carboxylic acids is 1. The largest absolute Gasteiger partial charge is 0.480 e. The van der Waals surface area contributed by atoms with Gasteiger partial charge in [-0.05, 0) is 24.7 Å². The van der Waals surface area contributed by atoms with Crippen LogP contribution in [0.1, 0.15) is 46.0 Å². The van der Waals surface area contributed by atoms with Crippen molar-refractivity contribution in [1.29, 1.82) is 0 Å². The van der Waals surface area contributed by atoms with Gasteiger partial charge >= 0.3 is 12.0 Å². The number of urea groups is 1. The zero-order valence-electron chi connectivity index (χ0n) is 11.9. The number of carboxylic acid groups (broad SMARTS) is 1. The predicted molar refractivity (Wildman–Crippen MR) is 72.9 cm³/mol. The zero-order valence-corrected chi connectivity index (χ0v) is 11.9. The van der Waals surface area contributed by atoms with Gasteiger partial charge in [-0.15, -0.1) is 0 Å². The van der Waals surface area contributed by atoms with Crippen molar-refractivity contribution in [3.8, 4) is 0 Å². The standard InChI is InChI=1S/C13H23N3O4/c1-13(2)7-3-4-9(13)16-12(20)15-8(11(18)19)5-6-10(14)17/h8-9H,3-7H2,1-2H3,(H2,14,17)(H,18,19)(H2,15,16,20). The summed E-state index contributed by atoms with van der Waals surface area (Å²) in [5.74, 6) is -1.76. The highest BCUT2D eigenvalue weighted by molar-refractivity contribution is 5.83. The van der Waals surface area contributed by atoms with E-state index in [1.54, 1.807) is 0 Å². The number of carbonyl (C=O) groups is 3. The molecule has 1 aliphatic rings. The van der Waals surface area contributed by atoms with E-state index in [2.05, 4.69) is 24.5 Å². The molecule has 0 radical (unpaired) electrons. The Labute approximate surface area is 118 Å². The van der Waals surface area contributed by atoms with Crippen LogP contribution in [0.2, 0.25) is 0 Å². The highest BCUT2D eigenvalue weighted by Gasteiger charge is 2.35. The summed E-state index contributed by atoms with van der Waals surface area (Å²) in [6, 6.07) is -1.58. The fraction of sp³-hybridized carbons (Fsp3) is 0.769. The highest BCUT2D eigenvalue weighted by atomic mass is 16.4. The van der Waals surface area contributed by atoms with Crippen LogP contribution in [-0.2, 0) is 9.59 Å². The average molecular weight is 285 g/mol. The second-order valence-electron chi connectivity index (χ2n) is 5.95. The lowest BCUT2D eigenvalue weighted by molar-refractivity contribution is -0.139. The van der Waals surface area contributed by atoms with Crippen LogP contribution in [-0.4, -0.2) is 35.1 Å². The quantitative estimate of drug-likeness (QED) is 0.570. The Balaban J connectivity index is 2.49. The maximum absolute atomic E-state index is 11.8. The van der Waals surface area contributed by atoms with Crippen LogP contribution in [0.4, 0.5) is 4.79 Å². The molecule has 114 valence electrons. The zero-order chi connectivity index (χ0) is 15.3. The summed E-state index contributed by atoms with van der Waals surface area (Å²) in [5.41, 5.74) is 5.00. The first-order chi connectivity index (χ1) is 9.22. The van der Waals surface area contributed by atoms with E-state index in [9.17, 15) is 14.4 Å². The Morgan fingerprint density at radius 3 is 2.50 bits per heavy atom. The molecule has 5 N–H and O–H groups in total. The third-order valence-electron chi connectivity index (χ3n) is 3.85. The predicted octanol–water partition coefficient (Wildman–Crippen LogP) is 0.583. The molecule has 1 saturated carbocycles. The minimum absolute atomic E-state index is 0.00779. The molecular formula is C13H23N3O4. The van der Waals surface area contributed by atoms with Crippen LogP contribution in [0.5, 0.6) is 0 Å². The van der Waals surface area contributed by atoms with Crippen molar-refractivity contribution in [2.45, 2.75) is 58.0 Å². The van der Waals surface area contributed by atoms with E-state index in [-0.39, 0.29) is 24.3 Å². The van der Waals surface area contributed by atoms with E-state index in [0.29, 0.717) is 0 Å². The maximum atomic E-state index is 11.8. The molecule has 2 atom stereocenters. The molecule has 20 heavy (non-hydrogen) atoms. The van der Waals surface area contributed by atoms with Gasteiger partial charge in [-0.3, -0.25) is 4.79 Å². The number of hydrogen-bond donors (Lipinski definition) is 4. The Hall–Kier alpha value is -1.79. The van der Waals surface area contributed by atoms with Crippen LogP contribution >= 0.6 is 0 Å². The van der Waals surface area contributed by atoms with Gasteiger partial charge in [0.05, 0.1) is 0 Å². The molecule has 0 aromatic rings. The van der Waals surface area contributed by atoms with Crippen molar-refractivity contribution in [2.24, 2.45) is 11.1 Å². The molecule has 0 aromatic heterocycles. The van der Waals surface area contributed by atoms with E-state index < -0.39 is 23.9 Å². The number of hydrogen-bond acceptors (Lipinski definition) is 3. The highest BCUT2D eigenvalue weighted by Crippen LogP contribution is 2.37. The summed E-state index contributed by atoms with van der Waals surface area (Å²) < 4.78 is 0. The second-order valence-corrected chi connectivity index (χ2v) is 5.95. The molecule has 0 heterocycles. The van der Waals surface area contributed by atoms with E-state index in [0.717, 1.165) is 19.3 Å². The molecule has 0 saturated heterocycles. The number of rotatable bonds is 6. The molecule has 1 rings (SSSR count). The molecule has 0 spiro atoms. The Kier molecular flexibility index (Phi) is 5.35. The number of aliphatic carboxylic acids is 1. The summed E-state index contributed by atoms with van der Waals surface area (Å²) in [4.78, 5) is 33.5. The fourth-order valence-electron chi connectivity index (χ4n) is 2.50. The lowest BCUT2D eigenvalue weighted by Crippen LogP contribution is -2.51. The van der Waals surface area contributed by atoms with Crippen LogP contribution in [0.25, 0.3) is 0 Å². The van der Waals surface area contributed by atoms with E-state index in [1.807, 2.05) is 0 Å². The van der Waals surface area contributed by atoms with E-state index in [4.69, 9.17) is 10.8 Å². The van der Waals surface area contributed by atoms with Gasteiger partial charge in [0.15, 0.2) is 0 Å². The molecule has 3 amide bonds. The summed E-state index contributed by atoms with van der Waals surface area (Å²) >= 11 is 0. The first-order valence-corrected chi connectivity index (χ1v) is 6.80. The normalized spacial score (nSPS) is 22.0. The smallest absolute Gasteiger partial charge is 0.326 e. The number of nitrogens with two attached hydrogens (primary N) is 1. The lowest BCUT2D eigenvalue weighted by Gasteiger charge is -2.28. The molecule has 1 aliphatic carbocycles. The van der Waals surface area contributed by atoms with Crippen molar-refractivity contribution in [3.05, 3.63) is 0 Å². The number of carbonyl (C=O) groups excluding carboxylic acids is 2. The van der Waals surface area contributed by atoms with Gasteiger partial charge in [0, 0.05) is 12.5 Å². The first-order valence-electron chi connectivity index (χ1n) is 6.80. The molecule has 0 aromatic carbocycles. The molecule has 0 aliphatic heterocycles.